The number of carbonyl (C=O) groups is 4. The van der Waals surface area contributed by atoms with E-state index < -0.39 is 23.3 Å². The fourth-order valence-electron chi connectivity index (χ4n) is 3.04. The first-order valence-electron chi connectivity index (χ1n) is 7.94. The lowest BCUT2D eigenvalue weighted by atomic mass is 9.79. The standard InChI is InChI=1S/C15H23N3O4/c1-2-3-8-15(12(20)16-14(22)17-13(15)21)10-18-9-6-4-5-7-11(18)19/h2-10H2,1H3,(H2,16,17,20,21,22). The number of likely N-dealkylation sites (tertiary alicyclic amines) is 1. The van der Waals surface area contributed by atoms with Gasteiger partial charge in [-0.3, -0.25) is 25.0 Å². The van der Waals surface area contributed by atoms with Crippen LogP contribution in [0.25, 0.3) is 0 Å². The van der Waals surface area contributed by atoms with Gasteiger partial charge in [0.05, 0.1) is 0 Å². The van der Waals surface area contributed by atoms with Gasteiger partial charge in [0.1, 0.15) is 5.41 Å². The highest BCUT2D eigenvalue weighted by atomic mass is 16.2. The molecular formula is C15H23N3O4. The Hall–Kier alpha value is -1.92. The van der Waals surface area contributed by atoms with Crippen LogP contribution in [0, 0.1) is 5.41 Å². The number of carbonyl (C=O) groups excluding carboxylic acids is 4. The number of unbranched alkanes of at least 4 members (excludes halogenated alkanes) is 1. The molecule has 0 bridgehead atoms. The summed E-state index contributed by atoms with van der Waals surface area (Å²) in [5.41, 5.74) is -1.36. The summed E-state index contributed by atoms with van der Waals surface area (Å²) in [4.78, 5) is 49.9. The average molecular weight is 309 g/mol. The number of barbiturate groups is 1. The lowest BCUT2D eigenvalue weighted by molar-refractivity contribution is -0.148. The van der Waals surface area contributed by atoms with Crippen molar-refractivity contribution in [1.29, 1.82) is 0 Å². The molecule has 2 fully saturated rings. The maximum atomic E-state index is 12.4. The Balaban J connectivity index is 2.24. The van der Waals surface area contributed by atoms with E-state index in [0.29, 0.717) is 25.8 Å². The van der Waals surface area contributed by atoms with Crippen LogP contribution in [0.15, 0.2) is 0 Å². The Bertz CT molecular complexity index is 469. The van der Waals surface area contributed by atoms with Crippen LogP contribution in [0.5, 0.6) is 0 Å². The Kier molecular flexibility index (Phi) is 5.15. The molecule has 2 saturated heterocycles. The predicted octanol–water partition coefficient (Wildman–Crippen LogP) is 0.932. The predicted molar refractivity (Wildman–Crippen MR) is 78.7 cm³/mol. The van der Waals surface area contributed by atoms with E-state index in [4.69, 9.17) is 0 Å². The molecule has 5 amide bonds. The van der Waals surface area contributed by atoms with Crippen LogP contribution < -0.4 is 10.6 Å². The third kappa shape index (κ3) is 3.28. The van der Waals surface area contributed by atoms with Crippen molar-refractivity contribution in [2.24, 2.45) is 5.41 Å². The fourth-order valence-corrected chi connectivity index (χ4v) is 3.04. The number of amides is 5. The molecule has 2 heterocycles. The SMILES string of the molecule is CCCCC1(CN2CCCCCC2=O)C(=O)NC(=O)NC1=O. The zero-order valence-electron chi connectivity index (χ0n) is 12.9. The molecule has 2 aliphatic rings. The van der Waals surface area contributed by atoms with Crippen LogP contribution in [0.1, 0.15) is 51.9 Å². The van der Waals surface area contributed by atoms with Crippen molar-refractivity contribution in [3.8, 4) is 0 Å². The van der Waals surface area contributed by atoms with Crippen molar-refractivity contribution < 1.29 is 19.2 Å². The summed E-state index contributed by atoms with van der Waals surface area (Å²) in [6.07, 6.45) is 4.97. The molecule has 2 N–H and O–H groups in total. The minimum atomic E-state index is -1.36. The van der Waals surface area contributed by atoms with Gasteiger partial charge in [0.2, 0.25) is 17.7 Å². The van der Waals surface area contributed by atoms with E-state index in [-0.39, 0.29) is 12.5 Å². The maximum absolute atomic E-state index is 12.4. The molecular weight excluding hydrogens is 286 g/mol. The van der Waals surface area contributed by atoms with Crippen molar-refractivity contribution in [2.45, 2.75) is 51.9 Å². The van der Waals surface area contributed by atoms with E-state index in [2.05, 4.69) is 10.6 Å². The maximum Gasteiger partial charge on any atom is 0.328 e. The van der Waals surface area contributed by atoms with E-state index in [0.717, 1.165) is 25.7 Å². The largest absolute Gasteiger partial charge is 0.341 e. The smallest absolute Gasteiger partial charge is 0.328 e. The Morgan fingerprint density at radius 1 is 1.05 bits per heavy atom. The van der Waals surface area contributed by atoms with Gasteiger partial charge in [0.25, 0.3) is 0 Å². The summed E-state index contributed by atoms with van der Waals surface area (Å²) in [5, 5.41) is 4.36. The molecule has 0 atom stereocenters. The molecule has 0 aromatic carbocycles. The Morgan fingerprint density at radius 2 is 1.73 bits per heavy atom. The molecule has 0 radical (unpaired) electrons. The Morgan fingerprint density at radius 3 is 2.36 bits per heavy atom. The van der Waals surface area contributed by atoms with Crippen LogP contribution in [0.2, 0.25) is 0 Å². The number of imide groups is 2. The number of rotatable bonds is 5. The van der Waals surface area contributed by atoms with Crippen molar-refractivity contribution in [3.05, 3.63) is 0 Å². The van der Waals surface area contributed by atoms with Gasteiger partial charge in [0, 0.05) is 19.5 Å². The van der Waals surface area contributed by atoms with Crippen LogP contribution >= 0.6 is 0 Å². The number of nitrogens with zero attached hydrogens (tertiary/aromatic N) is 1. The first-order valence-corrected chi connectivity index (χ1v) is 7.94. The highest BCUT2D eigenvalue weighted by Gasteiger charge is 2.51. The molecule has 22 heavy (non-hydrogen) atoms. The van der Waals surface area contributed by atoms with Gasteiger partial charge in [-0.1, -0.05) is 26.2 Å². The van der Waals surface area contributed by atoms with E-state index in [1.807, 2.05) is 6.92 Å². The van der Waals surface area contributed by atoms with E-state index in [9.17, 15) is 19.2 Å². The average Bonchev–Trinajstić information content (AvgIpc) is 2.66. The summed E-state index contributed by atoms with van der Waals surface area (Å²) < 4.78 is 0. The third-order valence-corrected chi connectivity index (χ3v) is 4.41. The minimum Gasteiger partial charge on any atom is -0.341 e. The summed E-state index contributed by atoms with van der Waals surface area (Å²) in [7, 11) is 0. The summed E-state index contributed by atoms with van der Waals surface area (Å²) in [5.74, 6) is -1.20. The van der Waals surface area contributed by atoms with Gasteiger partial charge in [-0.25, -0.2) is 4.79 Å². The second kappa shape index (κ2) is 6.89. The molecule has 0 aromatic heterocycles. The summed E-state index contributed by atoms with van der Waals surface area (Å²) in [6.45, 7) is 2.58. The van der Waals surface area contributed by atoms with Gasteiger partial charge in [-0.05, 0) is 19.3 Å². The third-order valence-electron chi connectivity index (χ3n) is 4.41. The molecule has 0 saturated carbocycles. The number of urea groups is 1. The molecule has 0 aliphatic carbocycles. The quantitative estimate of drug-likeness (QED) is 0.739. The molecule has 2 aliphatic heterocycles. The van der Waals surface area contributed by atoms with Crippen molar-refractivity contribution in [3.63, 3.8) is 0 Å². The number of nitrogens with one attached hydrogen (secondary N) is 2. The lowest BCUT2D eigenvalue weighted by Gasteiger charge is -2.37. The molecule has 0 unspecified atom stereocenters. The van der Waals surface area contributed by atoms with Crippen LogP contribution in [0.3, 0.4) is 0 Å². The fraction of sp³-hybridized carbons (Fsp3) is 0.733. The molecule has 7 heteroatoms. The summed E-state index contributed by atoms with van der Waals surface area (Å²) >= 11 is 0. The van der Waals surface area contributed by atoms with Crippen molar-refractivity contribution in [1.82, 2.24) is 15.5 Å². The van der Waals surface area contributed by atoms with Gasteiger partial charge >= 0.3 is 6.03 Å². The molecule has 7 nitrogen and oxygen atoms in total. The Labute approximate surface area is 129 Å². The van der Waals surface area contributed by atoms with Crippen LogP contribution in [0.4, 0.5) is 4.79 Å². The van der Waals surface area contributed by atoms with Crippen molar-refractivity contribution >= 4 is 23.8 Å². The molecule has 2 rings (SSSR count). The van der Waals surface area contributed by atoms with Gasteiger partial charge in [-0.15, -0.1) is 0 Å². The van der Waals surface area contributed by atoms with Gasteiger partial charge < -0.3 is 4.90 Å². The molecule has 0 aromatic rings. The molecule has 122 valence electrons. The number of hydrogen-bond acceptors (Lipinski definition) is 4. The van der Waals surface area contributed by atoms with Crippen LogP contribution in [-0.4, -0.2) is 41.7 Å². The molecule has 0 spiro atoms. The minimum absolute atomic E-state index is 0.0223. The van der Waals surface area contributed by atoms with E-state index in [1.165, 1.54) is 0 Å². The van der Waals surface area contributed by atoms with E-state index >= 15 is 0 Å². The highest BCUT2D eigenvalue weighted by molar-refractivity contribution is 6.19. The zero-order valence-corrected chi connectivity index (χ0v) is 12.9. The first-order chi connectivity index (χ1) is 10.5. The lowest BCUT2D eigenvalue weighted by Crippen LogP contribution is -2.65. The topological polar surface area (TPSA) is 95.6 Å². The van der Waals surface area contributed by atoms with Gasteiger partial charge in [-0.2, -0.15) is 0 Å². The second-order valence-electron chi connectivity index (χ2n) is 6.05. The summed E-state index contributed by atoms with van der Waals surface area (Å²) in [6, 6.07) is -0.788. The van der Waals surface area contributed by atoms with Crippen LogP contribution in [-0.2, 0) is 14.4 Å². The highest BCUT2D eigenvalue weighted by Crippen LogP contribution is 2.30. The normalized spacial score (nSPS) is 22.1. The number of hydrogen-bond donors (Lipinski definition) is 2. The second-order valence-corrected chi connectivity index (χ2v) is 6.05. The monoisotopic (exact) mass is 309 g/mol. The van der Waals surface area contributed by atoms with Crippen molar-refractivity contribution in [2.75, 3.05) is 13.1 Å². The van der Waals surface area contributed by atoms with Gasteiger partial charge in [0.15, 0.2) is 0 Å². The van der Waals surface area contributed by atoms with E-state index in [1.54, 1.807) is 4.90 Å². The zero-order chi connectivity index (χ0) is 16.2. The first kappa shape index (κ1) is 16.5.